The van der Waals surface area contributed by atoms with E-state index in [4.69, 9.17) is 22.0 Å². The van der Waals surface area contributed by atoms with Crippen LogP contribution in [0, 0.1) is 29.6 Å². The molecule has 0 saturated heterocycles. The van der Waals surface area contributed by atoms with E-state index in [-0.39, 0.29) is 43.8 Å². The Morgan fingerprint density at radius 1 is 1.31 bits per heavy atom. The van der Waals surface area contributed by atoms with Crippen molar-refractivity contribution in [1.29, 1.82) is 10.5 Å². The third-order valence-corrected chi connectivity index (χ3v) is 4.91. The molecule has 2 N–H and O–H groups in total. The summed E-state index contributed by atoms with van der Waals surface area (Å²) in [5.41, 5.74) is -1.17. The smallest absolute Gasteiger partial charge is 0.281 e. The zero-order chi connectivity index (χ0) is 19.4. The highest BCUT2D eigenvalue weighted by molar-refractivity contribution is 7.18. The molecule has 2 rings (SSSR count). The fourth-order valence-electron chi connectivity index (χ4n) is 2.12. The Morgan fingerprint density at radius 3 is 2.50 bits per heavy atom. The first-order chi connectivity index (χ1) is 12.4. The maximum absolute atomic E-state index is 12.5. The van der Waals surface area contributed by atoms with Crippen LogP contribution in [0.5, 0.6) is 5.88 Å². The zero-order valence-corrected chi connectivity index (χ0v) is 14.8. The number of hydrogen-bond donors (Lipinski definition) is 2. The van der Waals surface area contributed by atoms with Crippen molar-refractivity contribution in [3.05, 3.63) is 36.9 Å². The number of aldehydes is 1. The number of azo groups is 1. The van der Waals surface area contributed by atoms with Crippen LogP contribution in [0.3, 0.4) is 0 Å². The van der Waals surface area contributed by atoms with Gasteiger partial charge in [-0.15, -0.1) is 21.6 Å². The van der Waals surface area contributed by atoms with Crippen molar-refractivity contribution in [2.45, 2.75) is 13.5 Å². The van der Waals surface area contributed by atoms with E-state index in [1.807, 2.05) is 0 Å². The largest absolute Gasteiger partial charge is 0.493 e. The van der Waals surface area contributed by atoms with Crippen LogP contribution in [0.4, 0.5) is 10.7 Å². The van der Waals surface area contributed by atoms with Gasteiger partial charge in [0.05, 0.1) is 23.1 Å². The Hall–Kier alpha value is -3.05. The molecule has 26 heavy (non-hydrogen) atoms. The highest BCUT2D eigenvalue weighted by Crippen LogP contribution is 2.38. The lowest BCUT2D eigenvalue weighted by molar-refractivity contribution is 0.112. The first kappa shape index (κ1) is 19.3. The summed E-state index contributed by atoms with van der Waals surface area (Å²) >= 11 is 6.72. The first-order valence-corrected chi connectivity index (χ1v) is 8.17. The van der Waals surface area contributed by atoms with Gasteiger partial charge in [0.2, 0.25) is 5.88 Å². The molecule has 0 aromatic carbocycles. The van der Waals surface area contributed by atoms with E-state index >= 15 is 0 Å². The van der Waals surface area contributed by atoms with Gasteiger partial charge < -0.3 is 10.2 Å². The molecule has 0 unspecified atom stereocenters. The predicted molar refractivity (Wildman–Crippen MR) is 92.5 cm³/mol. The molecule has 2 aromatic heterocycles. The number of rotatable bonds is 5. The number of aromatic hydroxyl groups is 1. The quantitative estimate of drug-likeness (QED) is 0.590. The topological polar surface area (TPSA) is 152 Å². The summed E-state index contributed by atoms with van der Waals surface area (Å²) in [4.78, 5) is 23.5. The molecule has 2 heterocycles. The molecule has 0 aliphatic carbocycles. The zero-order valence-electron chi connectivity index (χ0n) is 13.2. The normalized spacial score (nSPS) is 10.7. The number of hydrogen-bond acceptors (Lipinski definition) is 9. The Morgan fingerprint density at radius 2 is 1.96 bits per heavy atom. The van der Waals surface area contributed by atoms with E-state index in [9.17, 15) is 20.0 Å². The number of halogens is 1. The maximum Gasteiger partial charge on any atom is 0.281 e. The lowest BCUT2D eigenvalue weighted by Gasteiger charge is -2.11. The van der Waals surface area contributed by atoms with Crippen LogP contribution in [0.2, 0.25) is 5.02 Å². The molecule has 0 fully saturated rings. The summed E-state index contributed by atoms with van der Waals surface area (Å²) in [7, 11) is 0. The second-order valence-electron chi connectivity index (χ2n) is 4.85. The summed E-state index contributed by atoms with van der Waals surface area (Å²) < 4.78 is 0.795. The second kappa shape index (κ2) is 7.89. The molecule has 0 atom stereocenters. The van der Waals surface area contributed by atoms with Crippen LogP contribution < -0.4 is 5.56 Å². The summed E-state index contributed by atoms with van der Waals surface area (Å²) in [5.74, 6) is -0.580. The van der Waals surface area contributed by atoms with Gasteiger partial charge in [0.15, 0.2) is 17.0 Å². The standard InChI is InChI=1S/C15H10ClN5O4S/c1-7-8(4-17)14(24)21(2-3-22)15(25)12(7)19-20-13-9(5-18)11(16)10(6-23)26-13/h6,22,24H,2-3H2,1H3. The maximum atomic E-state index is 12.5. The van der Waals surface area contributed by atoms with Gasteiger partial charge in [-0.2, -0.15) is 10.5 Å². The summed E-state index contributed by atoms with van der Waals surface area (Å²) in [6.07, 6.45) is 0.473. The van der Waals surface area contributed by atoms with Crippen molar-refractivity contribution in [2.24, 2.45) is 10.2 Å². The first-order valence-electron chi connectivity index (χ1n) is 6.97. The van der Waals surface area contributed by atoms with Gasteiger partial charge in [0.1, 0.15) is 23.3 Å². The molecule has 132 valence electrons. The van der Waals surface area contributed by atoms with Crippen LogP contribution >= 0.6 is 22.9 Å². The van der Waals surface area contributed by atoms with E-state index in [2.05, 4.69) is 10.2 Å². The highest BCUT2D eigenvalue weighted by atomic mass is 35.5. The predicted octanol–water partition coefficient (Wildman–Crippen LogP) is 2.54. The Balaban J connectivity index is 2.68. The van der Waals surface area contributed by atoms with Gasteiger partial charge in [-0.1, -0.05) is 11.6 Å². The van der Waals surface area contributed by atoms with Crippen molar-refractivity contribution in [2.75, 3.05) is 6.61 Å². The van der Waals surface area contributed by atoms with Gasteiger partial charge in [-0.25, -0.2) is 0 Å². The Kier molecular flexibility index (Phi) is 5.85. The number of aromatic nitrogens is 1. The molecular weight excluding hydrogens is 382 g/mol. The van der Waals surface area contributed by atoms with Gasteiger partial charge in [-0.05, 0) is 6.92 Å². The second-order valence-corrected chi connectivity index (χ2v) is 6.26. The van der Waals surface area contributed by atoms with Crippen LogP contribution in [-0.4, -0.2) is 27.7 Å². The van der Waals surface area contributed by atoms with Crippen molar-refractivity contribution in [3.63, 3.8) is 0 Å². The van der Waals surface area contributed by atoms with Gasteiger partial charge in [0, 0.05) is 5.56 Å². The Bertz CT molecular complexity index is 1060. The van der Waals surface area contributed by atoms with Crippen molar-refractivity contribution in [3.8, 4) is 18.0 Å². The van der Waals surface area contributed by atoms with E-state index < -0.39 is 18.0 Å². The van der Waals surface area contributed by atoms with E-state index in [0.717, 1.165) is 15.9 Å². The van der Waals surface area contributed by atoms with Crippen LogP contribution in [-0.2, 0) is 6.54 Å². The molecule has 0 saturated carbocycles. The van der Waals surface area contributed by atoms with Gasteiger partial charge in [0.25, 0.3) is 5.56 Å². The highest BCUT2D eigenvalue weighted by Gasteiger charge is 2.20. The molecule has 0 aliphatic rings. The Labute approximate surface area is 155 Å². The molecule has 9 nitrogen and oxygen atoms in total. The number of aliphatic hydroxyl groups excluding tert-OH is 1. The number of thiophene rings is 1. The fourth-order valence-corrected chi connectivity index (χ4v) is 3.25. The van der Waals surface area contributed by atoms with Gasteiger partial charge >= 0.3 is 0 Å². The third kappa shape index (κ3) is 3.21. The van der Waals surface area contributed by atoms with E-state index in [1.165, 1.54) is 6.92 Å². The average molecular weight is 392 g/mol. The minimum Gasteiger partial charge on any atom is -0.493 e. The number of carbonyl (C=O) groups excluding carboxylic acids is 1. The fraction of sp³-hybridized carbons (Fsp3) is 0.200. The van der Waals surface area contributed by atoms with Crippen molar-refractivity contribution in [1.82, 2.24) is 4.57 Å². The monoisotopic (exact) mass is 391 g/mol. The molecule has 0 spiro atoms. The SMILES string of the molecule is Cc1c(C#N)c(O)n(CCO)c(=O)c1N=Nc1sc(C=O)c(Cl)c1C#N. The minimum absolute atomic E-state index is 0.0266. The minimum atomic E-state index is -0.770. The number of nitriles is 2. The summed E-state index contributed by atoms with van der Waals surface area (Å²) in [6.45, 7) is 0.715. The molecule has 0 radical (unpaired) electrons. The number of carbonyl (C=O) groups is 1. The van der Waals surface area contributed by atoms with Crippen molar-refractivity contribution < 1.29 is 15.0 Å². The molecule has 0 amide bonds. The number of nitrogens with zero attached hydrogens (tertiary/aromatic N) is 5. The number of pyridine rings is 1. The van der Waals surface area contributed by atoms with Crippen LogP contribution in [0.25, 0.3) is 0 Å². The summed E-state index contributed by atoms with van der Waals surface area (Å²) in [5, 5.41) is 44.9. The van der Waals surface area contributed by atoms with E-state index in [0.29, 0.717) is 6.29 Å². The van der Waals surface area contributed by atoms with Crippen LogP contribution in [0.1, 0.15) is 26.4 Å². The lowest BCUT2D eigenvalue weighted by Crippen LogP contribution is -2.23. The lowest BCUT2D eigenvalue weighted by atomic mass is 10.1. The van der Waals surface area contributed by atoms with Crippen LogP contribution in [0.15, 0.2) is 15.0 Å². The van der Waals surface area contributed by atoms with Crippen molar-refractivity contribution >= 4 is 39.9 Å². The number of aliphatic hydroxyl groups is 1. The third-order valence-electron chi connectivity index (χ3n) is 3.41. The van der Waals surface area contributed by atoms with E-state index in [1.54, 1.807) is 12.1 Å². The molecule has 0 aliphatic heterocycles. The summed E-state index contributed by atoms with van der Waals surface area (Å²) in [6, 6.07) is 3.57. The molecular formula is C15H10ClN5O4S. The molecule has 2 aromatic rings. The molecule has 0 bridgehead atoms. The molecule has 11 heteroatoms. The average Bonchev–Trinajstić information content (AvgIpc) is 2.93. The van der Waals surface area contributed by atoms with Gasteiger partial charge in [-0.3, -0.25) is 14.2 Å².